The van der Waals surface area contributed by atoms with Crippen LogP contribution >= 0.6 is 0 Å². The summed E-state index contributed by atoms with van der Waals surface area (Å²) in [4.78, 5) is 13.9. The van der Waals surface area contributed by atoms with Gasteiger partial charge < -0.3 is 19.7 Å². The van der Waals surface area contributed by atoms with Gasteiger partial charge in [-0.15, -0.1) is 0 Å². The second kappa shape index (κ2) is 7.01. The number of hydrogen-bond donors (Lipinski definition) is 1. The van der Waals surface area contributed by atoms with Gasteiger partial charge in [-0.3, -0.25) is 0 Å². The zero-order valence-electron chi connectivity index (χ0n) is 13.9. The minimum Gasteiger partial charge on any atom is -0.497 e. The van der Waals surface area contributed by atoms with Crippen LogP contribution in [-0.4, -0.2) is 49.4 Å². The molecule has 1 N–H and O–H groups in total. The summed E-state index contributed by atoms with van der Waals surface area (Å²) in [7, 11) is 1.66. The Bertz CT molecular complexity index is 494. The van der Waals surface area contributed by atoms with E-state index in [0.29, 0.717) is 13.1 Å². The molecule has 122 valence electrons. The fraction of sp³-hybridized carbons (Fsp3) is 0.588. The summed E-state index contributed by atoms with van der Waals surface area (Å²) in [5.41, 5.74) is 0.775. The van der Waals surface area contributed by atoms with E-state index in [1.807, 2.05) is 32.9 Å². The van der Waals surface area contributed by atoms with Gasteiger partial charge >= 0.3 is 6.09 Å². The van der Waals surface area contributed by atoms with Crippen LogP contribution in [0.25, 0.3) is 0 Å². The SMILES string of the molecule is COc1ccc(C[C@@H]2CN(C(=O)OC(C)(C)C)CCN2)cc1. The Hall–Kier alpha value is -1.75. The van der Waals surface area contributed by atoms with E-state index in [1.54, 1.807) is 12.0 Å². The third-order valence-electron chi connectivity index (χ3n) is 3.55. The lowest BCUT2D eigenvalue weighted by atomic mass is 10.0. The van der Waals surface area contributed by atoms with Crippen LogP contribution < -0.4 is 10.1 Å². The van der Waals surface area contributed by atoms with E-state index < -0.39 is 5.60 Å². The highest BCUT2D eigenvalue weighted by Gasteiger charge is 2.27. The molecule has 1 aromatic rings. The van der Waals surface area contributed by atoms with E-state index in [4.69, 9.17) is 9.47 Å². The van der Waals surface area contributed by atoms with Gasteiger partial charge in [-0.05, 0) is 44.9 Å². The third kappa shape index (κ3) is 4.91. The van der Waals surface area contributed by atoms with Crippen LogP contribution in [0.4, 0.5) is 4.79 Å². The van der Waals surface area contributed by atoms with E-state index in [0.717, 1.165) is 18.7 Å². The molecule has 5 heteroatoms. The number of ether oxygens (including phenoxy) is 2. The quantitative estimate of drug-likeness (QED) is 0.932. The van der Waals surface area contributed by atoms with Gasteiger partial charge in [-0.2, -0.15) is 0 Å². The Morgan fingerprint density at radius 2 is 2.00 bits per heavy atom. The van der Waals surface area contributed by atoms with E-state index >= 15 is 0 Å². The molecule has 0 aromatic heterocycles. The lowest BCUT2D eigenvalue weighted by Crippen LogP contribution is -2.54. The van der Waals surface area contributed by atoms with Crippen LogP contribution in [0.1, 0.15) is 26.3 Å². The highest BCUT2D eigenvalue weighted by Crippen LogP contribution is 2.15. The highest BCUT2D eigenvalue weighted by molar-refractivity contribution is 5.68. The van der Waals surface area contributed by atoms with Crippen molar-refractivity contribution in [3.63, 3.8) is 0 Å². The molecule has 0 spiro atoms. The normalized spacial score (nSPS) is 18.9. The molecule has 1 atom stereocenters. The molecule has 1 heterocycles. The van der Waals surface area contributed by atoms with E-state index in [1.165, 1.54) is 5.56 Å². The first-order valence-electron chi connectivity index (χ1n) is 7.71. The topological polar surface area (TPSA) is 50.8 Å². The molecule has 5 nitrogen and oxygen atoms in total. The lowest BCUT2D eigenvalue weighted by molar-refractivity contribution is 0.0195. The standard InChI is InChI=1S/C17H26N2O3/c1-17(2,3)22-16(20)19-10-9-18-14(12-19)11-13-5-7-15(21-4)8-6-13/h5-8,14,18H,9-12H2,1-4H3/t14-/m1/s1. The van der Waals surface area contributed by atoms with Crippen molar-refractivity contribution >= 4 is 6.09 Å². The largest absolute Gasteiger partial charge is 0.497 e. The first-order valence-corrected chi connectivity index (χ1v) is 7.71. The average Bonchev–Trinajstić information content (AvgIpc) is 2.46. The van der Waals surface area contributed by atoms with Gasteiger partial charge in [0.2, 0.25) is 0 Å². The predicted octanol–water partition coefficient (Wildman–Crippen LogP) is 2.45. The molecule has 0 unspecified atom stereocenters. The number of hydrogen-bond acceptors (Lipinski definition) is 4. The third-order valence-corrected chi connectivity index (χ3v) is 3.55. The van der Waals surface area contributed by atoms with E-state index in [-0.39, 0.29) is 12.1 Å². The second-order valence-corrected chi connectivity index (χ2v) is 6.63. The number of carbonyl (C=O) groups is 1. The van der Waals surface area contributed by atoms with Crippen molar-refractivity contribution in [3.05, 3.63) is 29.8 Å². The Morgan fingerprint density at radius 1 is 1.32 bits per heavy atom. The van der Waals surface area contributed by atoms with Crippen LogP contribution in [0.15, 0.2) is 24.3 Å². The van der Waals surface area contributed by atoms with Gasteiger partial charge in [0.25, 0.3) is 0 Å². The fourth-order valence-corrected chi connectivity index (χ4v) is 2.50. The van der Waals surface area contributed by atoms with Crippen LogP contribution in [0.2, 0.25) is 0 Å². The van der Waals surface area contributed by atoms with Gasteiger partial charge in [0, 0.05) is 25.7 Å². The zero-order valence-corrected chi connectivity index (χ0v) is 13.9. The van der Waals surface area contributed by atoms with Gasteiger partial charge in [0.1, 0.15) is 11.4 Å². The number of nitrogens with one attached hydrogen (secondary N) is 1. The smallest absolute Gasteiger partial charge is 0.410 e. The average molecular weight is 306 g/mol. The summed E-state index contributed by atoms with van der Waals surface area (Å²) < 4.78 is 10.6. The first kappa shape index (κ1) is 16.6. The number of nitrogens with zero attached hydrogens (tertiary/aromatic N) is 1. The van der Waals surface area contributed by atoms with E-state index in [9.17, 15) is 4.79 Å². The molecule has 0 bridgehead atoms. The summed E-state index contributed by atoms with van der Waals surface area (Å²) in [6.07, 6.45) is 0.650. The Balaban J connectivity index is 1.91. The molecule has 1 aliphatic rings. The summed E-state index contributed by atoms with van der Waals surface area (Å²) in [6, 6.07) is 8.29. The van der Waals surface area contributed by atoms with Crippen LogP contribution in [0, 0.1) is 0 Å². The van der Waals surface area contributed by atoms with E-state index in [2.05, 4.69) is 17.4 Å². The minimum atomic E-state index is -0.451. The van der Waals surface area contributed by atoms with Gasteiger partial charge in [-0.25, -0.2) is 4.79 Å². The molecular weight excluding hydrogens is 280 g/mol. The fourth-order valence-electron chi connectivity index (χ4n) is 2.50. The van der Waals surface area contributed by atoms with Crippen molar-refractivity contribution in [1.82, 2.24) is 10.2 Å². The maximum atomic E-state index is 12.2. The summed E-state index contributed by atoms with van der Waals surface area (Å²) in [5, 5.41) is 3.46. The molecule has 1 fully saturated rings. The van der Waals surface area contributed by atoms with Crippen LogP contribution in [-0.2, 0) is 11.2 Å². The maximum Gasteiger partial charge on any atom is 0.410 e. The molecule has 1 aromatic carbocycles. The predicted molar refractivity (Wildman–Crippen MR) is 86.3 cm³/mol. The highest BCUT2D eigenvalue weighted by atomic mass is 16.6. The number of piperazine rings is 1. The monoisotopic (exact) mass is 306 g/mol. The Morgan fingerprint density at radius 3 is 2.59 bits per heavy atom. The molecule has 1 saturated heterocycles. The maximum absolute atomic E-state index is 12.2. The van der Waals surface area contributed by atoms with Crippen molar-refractivity contribution in [2.45, 2.75) is 38.8 Å². The number of methoxy groups -OCH3 is 1. The Labute approximate surface area is 132 Å². The van der Waals surface area contributed by atoms with Crippen molar-refractivity contribution in [1.29, 1.82) is 0 Å². The molecular formula is C17H26N2O3. The molecule has 22 heavy (non-hydrogen) atoms. The van der Waals surface area contributed by atoms with Crippen molar-refractivity contribution < 1.29 is 14.3 Å². The van der Waals surface area contributed by atoms with Crippen LogP contribution in [0.5, 0.6) is 5.75 Å². The van der Waals surface area contributed by atoms with Crippen LogP contribution in [0.3, 0.4) is 0 Å². The molecule has 0 saturated carbocycles. The molecule has 1 aliphatic heterocycles. The number of carbonyl (C=O) groups excluding carboxylic acids is 1. The summed E-state index contributed by atoms with van der Waals surface area (Å²) in [6.45, 7) is 7.82. The van der Waals surface area contributed by atoms with Crippen molar-refractivity contribution in [2.75, 3.05) is 26.7 Å². The van der Waals surface area contributed by atoms with Crippen molar-refractivity contribution in [2.24, 2.45) is 0 Å². The summed E-state index contributed by atoms with van der Waals surface area (Å²) >= 11 is 0. The second-order valence-electron chi connectivity index (χ2n) is 6.63. The number of rotatable bonds is 3. The molecule has 0 radical (unpaired) electrons. The van der Waals surface area contributed by atoms with Gasteiger partial charge in [0.15, 0.2) is 0 Å². The van der Waals surface area contributed by atoms with Gasteiger partial charge in [-0.1, -0.05) is 12.1 Å². The zero-order chi connectivity index (χ0) is 16.2. The number of amides is 1. The van der Waals surface area contributed by atoms with Gasteiger partial charge in [0.05, 0.1) is 7.11 Å². The molecule has 1 amide bonds. The molecule has 0 aliphatic carbocycles. The number of benzene rings is 1. The summed E-state index contributed by atoms with van der Waals surface area (Å²) in [5.74, 6) is 0.857. The minimum absolute atomic E-state index is 0.228. The first-order chi connectivity index (χ1) is 10.4. The van der Waals surface area contributed by atoms with Crippen molar-refractivity contribution in [3.8, 4) is 5.75 Å². The lowest BCUT2D eigenvalue weighted by Gasteiger charge is -2.35. The Kier molecular flexibility index (Phi) is 5.29. The molecule has 2 rings (SSSR count).